The first kappa shape index (κ1) is 11.4. The van der Waals surface area contributed by atoms with E-state index >= 15 is 0 Å². The maximum absolute atomic E-state index is 11.2. The molecule has 0 amide bonds. The smallest absolute Gasteiger partial charge is 0.119 e. The van der Waals surface area contributed by atoms with Crippen LogP contribution in [0.3, 0.4) is 0 Å². The van der Waals surface area contributed by atoms with Crippen LogP contribution in [0.15, 0.2) is 41.6 Å². The summed E-state index contributed by atoms with van der Waals surface area (Å²) in [6.45, 7) is 0. The van der Waals surface area contributed by atoms with Gasteiger partial charge in [-0.05, 0) is 34.9 Å². The quantitative estimate of drug-likeness (QED) is 0.655. The van der Waals surface area contributed by atoms with Gasteiger partial charge in [-0.1, -0.05) is 55.7 Å². The summed E-state index contributed by atoms with van der Waals surface area (Å²) in [7, 11) is 0. The highest BCUT2D eigenvalue weighted by molar-refractivity contribution is 5.94. The van der Waals surface area contributed by atoms with E-state index in [1.807, 2.05) is 24.3 Å². The SMILES string of the molecule is O=Nc1c(C2CCCCC2)ccc2ccccc12. The maximum Gasteiger partial charge on any atom is 0.119 e. The molecule has 0 saturated heterocycles. The summed E-state index contributed by atoms with van der Waals surface area (Å²) < 4.78 is 0. The fraction of sp³-hybridized carbons (Fsp3) is 0.375. The molecule has 0 N–H and O–H groups in total. The van der Waals surface area contributed by atoms with Gasteiger partial charge in [-0.3, -0.25) is 0 Å². The number of hydrogen-bond donors (Lipinski definition) is 0. The van der Waals surface area contributed by atoms with Crippen LogP contribution in [-0.2, 0) is 0 Å². The first-order valence-corrected chi connectivity index (χ1v) is 6.75. The lowest BCUT2D eigenvalue weighted by molar-refractivity contribution is 0.444. The predicted octanol–water partition coefficient (Wildman–Crippen LogP) is 5.29. The van der Waals surface area contributed by atoms with Gasteiger partial charge in [0.1, 0.15) is 5.69 Å². The van der Waals surface area contributed by atoms with E-state index in [9.17, 15) is 4.91 Å². The molecule has 2 aromatic rings. The van der Waals surface area contributed by atoms with Crippen molar-refractivity contribution >= 4 is 16.5 Å². The van der Waals surface area contributed by atoms with Crippen molar-refractivity contribution in [2.45, 2.75) is 38.0 Å². The van der Waals surface area contributed by atoms with Crippen LogP contribution in [0.25, 0.3) is 10.8 Å². The van der Waals surface area contributed by atoms with Crippen LogP contribution in [0, 0.1) is 4.91 Å². The average Bonchev–Trinajstić information content (AvgIpc) is 2.47. The molecule has 2 heteroatoms. The van der Waals surface area contributed by atoms with Crippen molar-refractivity contribution in [3.8, 4) is 0 Å². The third-order valence-electron chi connectivity index (χ3n) is 4.07. The van der Waals surface area contributed by atoms with E-state index < -0.39 is 0 Å². The standard InChI is InChI=1S/C16H17NO/c18-17-16-14-9-5-4-8-13(14)10-11-15(16)12-6-2-1-3-7-12/h4-5,8-12H,1-3,6-7H2. The molecule has 0 atom stereocenters. The molecular weight excluding hydrogens is 222 g/mol. The van der Waals surface area contributed by atoms with Crippen molar-refractivity contribution in [3.63, 3.8) is 0 Å². The van der Waals surface area contributed by atoms with Gasteiger partial charge in [0.15, 0.2) is 0 Å². The molecule has 1 saturated carbocycles. The Hall–Kier alpha value is -1.70. The minimum Gasteiger partial charge on any atom is -0.145 e. The molecule has 2 aromatic carbocycles. The summed E-state index contributed by atoms with van der Waals surface area (Å²) in [4.78, 5) is 11.2. The lowest BCUT2D eigenvalue weighted by Crippen LogP contribution is -2.04. The fourth-order valence-electron chi connectivity index (χ4n) is 3.12. The number of fused-ring (bicyclic) bond motifs is 1. The van der Waals surface area contributed by atoms with Gasteiger partial charge in [0.05, 0.1) is 0 Å². The minimum atomic E-state index is 0.524. The Bertz CT molecular complexity index is 570. The second-order valence-corrected chi connectivity index (χ2v) is 5.15. The Morgan fingerprint density at radius 1 is 0.944 bits per heavy atom. The van der Waals surface area contributed by atoms with Crippen LogP contribution in [0.5, 0.6) is 0 Å². The number of rotatable bonds is 2. The molecule has 3 rings (SSSR count). The van der Waals surface area contributed by atoms with E-state index in [2.05, 4.69) is 17.3 Å². The van der Waals surface area contributed by atoms with Gasteiger partial charge in [0.2, 0.25) is 0 Å². The van der Waals surface area contributed by atoms with Crippen LogP contribution in [0.4, 0.5) is 5.69 Å². The normalized spacial score (nSPS) is 16.9. The Morgan fingerprint density at radius 2 is 1.72 bits per heavy atom. The van der Waals surface area contributed by atoms with Gasteiger partial charge in [-0.2, -0.15) is 0 Å². The summed E-state index contributed by atoms with van der Waals surface area (Å²) in [5, 5.41) is 5.42. The first-order valence-electron chi connectivity index (χ1n) is 6.75. The largest absolute Gasteiger partial charge is 0.145 e. The third kappa shape index (κ3) is 1.92. The molecule has 0 spiro atoms. The molecule has 0 aliphatic heterocycles. The second-order valence-electron chi connectivity index (χ2n) is 5.15. The first-order chi connectivity index (χ1) is 8.90. The van der Waals surface area contributed by atoms with Crippen molar-refractivity contribution in [1.82, 2.24) is 0 Å². The van der Waals surface area contributed by atoms with E-state index in [0.717, 1.165) is 16.3 Å². The Labute approximate surface area is 107 Å². The molecule has 0 bridgehead atoms. The van der Waals surface area contributed by atoms with Crippen LogP contribution in [0.2, 0.25) is 0 Å². The third-order valence-corrected chi connectivity index (χ3v) is 4.07. The molecule has 0 aromatic heterocycles. The van der Waals surface area contributed by atoms with Crippen molar-refractivity contribution in [1.29, 1.82) is 0 Å². The molecule has 1 aliphatic carbocycles. The maximum atomic E-state index is 11.2. The number of nitroso groups, excluding NO2 is 1. The highest BCUT2D eigenvalue weighted by Gasteiger charge is 2.20. The molecule has 0 unspecified atom stereocenters. The Kier molecular flexibility index (Phi) is 3.09. The number of benzene rings is 2. The van der Waals surface area contributed by atoms with Crippen LogP contribution >= 0.6 is 0 Å². The van der Waals surface area contributed by atoms with E-state index in [-0.39, 0.29) is 0 Å². The Morgan fingerprint density at radius 3 is 2.50 bits per heavy atom. The molecule has 1 fully saturated rings. The van der Waals surface area contributed by atoms with Gasteiger partial charge >= 0.3 is 0 Å². The van der Waals surface area contributed by atoms with Gasteiger partial charge in [0.25, 0.3) is 0 Å². The van der Waals surface area contributed by atoms with E-state index in [4.69, 9.17) is 0 Å². The monoisotopic (exact) mass is 239 g/mol. The molecule has 18 heavy (non-hydrogen) atoms. The lowest BCUT2D eigenvalue weighted by atomic mass is 9.82. The number of nitrogens with zero attached hydrogens (tertiary/aromatic N) is 1. The summed E-state index contributed by atoms with van der Waals surface area (Å²) in [5.74, 6) is 0.524. The average molecular weight is 239 g/mol. The van der Waals surface area contributed by atoms with Crippen molar-refractivity contribution in [2.75, 3.05) is 0 Å². The van der Waals surface area contributed by atoms with Gasteiger partial charge in [-0.25, -0.2) is 0 Å². The van der Waals surface area contributed by atoms with Gasteiger partial charge in [0, 0.05) is 5.39 Å². The summed E-state index contributed by atoms with van der Waals surface area (Å²) in [6.07, 6.45) is 6.27. The number of hydrogen-bond acceptors (Lipinski definition) is 2. The Balaban J connectivity index is 2.13. The zero-order valence-corrected chi connectivity index (χ0v) is 10.4. The second kappa shape index (κ2) is 4.89. The molecule has 0 radical (unpaired) electrons. The lowest BCUT2D eigenvalue weighted by Gasteiger charge is -2.23. The van der Waals surface area contributed by atoms with Crippen molar-refractivity contribution in [2.24, 2.45) is 5.18 Å². The molecule has 0 heterocycles. The topological polar surface area (TPSA) is 29.4 Å². The highest BCUT2D eigenvalue weighted by atomic mass is 16.3. The van der Waals surface area contributed by atoms with Crippen molar-refractivity contribution in [3.05, 3.63) is 46.9 Å². The summed E-state index contributed by atoms with van der Waals surface area (Å²) >= 11 is 0. The zero-order chi connectivity index (χ0) is 12.4. The van der Waals surface area contributed by atoms with E-state index in [1.54, 1.807) is 0 Å². The predicted molar refractivity (Wildman–Crippen MR) is 75.2 cm³/mol. The summed E-state index contributed by atoms with van der Waals surface area (Å²) in [6, 6.07) is 12.2. The van der Waals surface area contributed by atoms with Gasteiger partial charge in [-0.15, -0.1) is 4.91 Å². The van der Waals surface area contributed by atoms with Gasteiger partial charge < -0.3 is 0 Å². The molecule has 2 nitrogen and oxygen atoms in total. The van der Waals surface area contributed by atoms with Crippen LogP contribution in [0.1, 0.15) is 43.6 Å². The molecule has 1 aliphatic rings. The molecular formula is C16H17NO. The van der Waals surface area contributed by atoms with E-state index in [0.29, 0.717) is 11.6 Å². The van der Waals surface area contributed by atoms with Crippen molar-refractivity contribution < 1.29 is 0 Å². The highest BCUT2D eigenvalue weighted by Crippen LogP contribution is 2.40. The molecule has 92 valence electrons. The zero-order valence-electron chi connectivity index (χ0n) is 10.4. The van der Waals surface area contributed by atoms with E-state index in [1.165, 1.54) is 32.1 Å². The summed E-state index contributed by atoms with van der Waals surface area (Å²) in [5.41, 5.74) is 1.82. The van der Waals surface area contributed by atoms with Crippen LogP contribution < -0.4 is 0 Å². The fourth-order valence-corrected chi connectivity index (χ4v) is 3.12. The van der Waals surface area contributed by atoms with Crippen LogP contribution in [-0.4, -0.2) is 0 Å². The minimum absolute atomic E-state index is 0.524.